The van der Waals surface area contributed by atoms with Crippen LogP contribution in [-0.2, 0) is 19.1 Å². The summed E-state index contributed by atoms with van der Waals surface area (Å²) in [5.41, 5.74) is 1.59. The molecule has 0 bridgehead atoms. The highest BCUT2D eigenvalue weighted by Gasteiger charge is 2.36. The van der Waals surface area contributed by atoms with Crippen molar-refractivity contribution in [2.75, 3.05) is 26.7 Å². The summed E-state index contributed by atoms with van der Waals surface area (Å²) in [6, 6.07) is 0.633. The minimum absolute atomic E-state index is 0.0409. The normalized spacial score (nSPS) is 18.2. The van der Waals surface area contributed by atoms with E-state index in [1.165, 1.54) is 179 Å². The second-order valence-corrected chi connectivity index (χ2v) is 16.6. The smallest absolute Gasteiger partial charge is 0.306 e. The zero-order chi connectivity index (χ0) is 38.8. The third-order valence-corrected chi connectivity index (χ3v) is 11.7. The number of rotatable bonds is 32. The van der Waals surface area contributed by atoms with Crippen LogP contribution in [0, 0.1) is 5.92 Å². The van der Waals surface area contributed by atoms with E-state index in [9.17, 15) is 4.79 Å². The first-order valence-electron chi connectivity index (χ1n) is 23.3. The van der Waals surface area contributed by atoms with Gasteiger partial charge in [0.2, 0.25) is 0 Å². The number of ether oxygens (including phenoxy) is 2. The van der Waals surface area contributed by atoms with Crippen LogP contribution in [0.3, 0.4) is 0 Å². The fraction of sp³-hybridized carbons (Fsp3) is 0.915. The Kier molecular flexibility index (Phi) is 32.8. The summed E-state index contributed by atoms with van der Waals surface area (Å²) in [5.74, 6) is 2.31. The molecule has 0 amide bonds. The van der Waals surface area contributed by atoms with Gasteiger partial charge in [0.05, 0.1) is 11.9 Å². The molecular weight excluding hydrogens is 657 g/mol. The van der Waals surface area contributed by atoms with Gasteiger partial charge in [-0.2, -0.15) is 0 Å². The number of nitrogens with zero attached hydrogens (tertiary/aromatic N) is 1. The fourth-order valence-electron chi connectivity index (χ4n) is 8.05. The van der Waals surface area contributed by atoms with Gasteiger partial charge in [-0.05, 0) is 102 Å². The van der Waals surface area contributed by atoms with Crippen LogP contribution in [0.15, 0.2) is 11.3 Å². The van der Waals surface area contributed by atoms with Gasteiger partial charge in [0.1, 0.15) is 12.9 Å². The maximum Gasteiger partial charge on any atom is 0.306 e. The lowest BCUT2D eigenvalue weighted by Gasteiger charge is -2.32. The Hall–Kier alpha value is -1.40. The number of carbonyl (C=O) groups excluding carboxylic acids is 2. The highest BCUT2D eigenvalue weighted by atomic mass is 16.5. The van der Waals surface area contributed by atoms with Crippen molar-refractivity contribution in [1.29, 1.82) is 0 Å². The second kappa shape index (κ2) is 35.0. The standard InChI is InChI=1S/C42H77NO3.C4H11N.CH2O/c1-4-7-10-12-14-18-26-39(27-19-15-13-11-8-5-2)45-41(37-30-31-37)28-20-16-17-21-29-42(44)46-40-34-38(33-36-24-23-25-36)43(35-40)32-22-9-6-3;1-3-4-5-2;1-2/h36,38-40H,4-35H2,1-3H3;5H,3-4H2,1-2H3;1H2. The molecule has 2 saturated carbocycles. The quantitative estimate of drug-likeness (QED) is 0.0420. The summed E-state index contributed by atoms with van der Waals surface area (Å²) in [4.78, 5) is 23.4. The molecule has 0 spiro atoms. The summed E-state index contributed by atoms with van der Waals surface area (Å²) >= 11 is 0. The van der Waals surface area contributed by atoms with Crippen molar-refractivity contribution in [2.45, 2.75) is 245 Å². The van der Waals surface area contributed by atoms with E-state index >= 15 is 0 Å². The lowest BCUT2D eigenvalue weighted by atomic mass is 9.80. The van der Waals surface area contributed by atoms with Gasteiger partial charge in [-0.25, -0.2) is 0 Å². The van der Waals surface area contributed by atoms with Crippen molar-refractivity contribution in [1.82, 2.24) is 10.2 Å². The average molecular weight is 747 g/mol. The summed E-state index contributed by atoms with van der Waals surface area (Å²) in [6.45, 7) is 14.3. The third-order valence-electron chi connectivity index (χ3n) is 11.7. The Morgan fingerprint density at radius 2 is 1.28 bits per heavy atom. The molecule has 2 atom stereocenters. The Balaban J connectivity index is 0.00000184. The van der Waals surface area contributed by atoms with E-state index in [0.717, 1.165) is 44.7 Å². The Labute approximate surface area is 330 Å². The number of nitrogens with one attached hydrogen (secondary N) is 1. The minimum Gasteiger partial charge on any atom is -0.495 e. The first-order chi connectivity index (χ1) is 26.0. The number of unbranched alkanes of at least 4 members (excludes halogenated alkanes) is 15. The summed E-state index contributed by atoms with van der Waals surface area (Å²) in [7, 11) is 1.96. The maximum atomic E-state index is 12.8. The zero-order valence-electron chi connectivity index (χ0n) is 36.1. The first-order valence-corrected chi connectivity index (χ1v) is 23.3. The number of hydrogen-bond donors (Lipinski definition) is 1. The van der Waals surface area contributed by atoms with Crippen LogP contribution in [0.25, 0.3) is 0 Å². The number of hydrogen-bond acceptors (Lipinski definition) is 6. The lowest BCUT2D eigenvalue weighted by molar-refractivity contribution is -0.148. The SMILES string of the molecule is C=O.CCCCCCCCC(CCCCCCCC)OC(CCCCCCC(=O)OC1CC(CC2CCC2)N(CCCCC)C1)=C1CC1.CCCNC. The van der Waals surface area contributed by atoms with Gasteiger partial charge in [0.15, 0.2) is 0 Å². The predicted molar refractivity (Wildman–Crippen MR) is 228 cm³/mol. The Bertz CT molecular complexity index is 851. The van der Waals surface area contributed by atoms with E-state index in [2.05, 4.69) is 37.9 Å². The molecule has 6 nitrogen and oxygen atoms in total. The molecule has 2 unspecified atom stereocenters. The largest absolute Gasteiger partial charge is 0.495 e. The van der Waals surface area contributed by atoms with Crippen molar-refractivity contribution in [3.05, 3.63) is 11.3 Å². The molecule has 312 valence electrons. The molecule has 3 aliphatic rings. The third kappa shape index (κ3) is 26.2. The molecule has 0 aromatic heterocycles. The van der Waals surface area contributed by atoms with Gasteiger partial charge in [-0.15, -0.1) is 0 Å². The molecule has 53 heavy (non-hydrogen) atoms. The molecule has 3 fully saturated rings. The van der Waals surface area contributed by atoms with Crippen LogP contribution in [0.4, 0.5) is 0 Å². The summed E-state index contributed by atoms with van der Waals surface area (Å²) < 4.78 is 12.9. The van der Waals surface area contributed by atoms with Crippen LogP contribution in [0.5, 0.6) is 0 Å². The molecule has 0 radical (unpaired) electrons. The number of allylic oxidation sites excluding steroid dienone is 2. The highest BCUT2D eigenvalue weighted by molar-refractivity contribution is 5.69. The molecule has 1 N–H and O–H groups in total. The van der Waals surface area contributed by atoms with E-state index in [4.69, 9.17) is 14.3 Å². The topological polar surface area (TPSA) is 67.9 Å². The van der Waals surface area contributed by atoms with E-state index in [1.807, 2.05) is 13.8 Å². The van der Waals surface area contributed by atoms with E-state index in [-0.39, 0.29) is 12.1 Å². The number of esters is 1. The highest BCUT2D eigenvalue weighted by Crippen LogP contribution is 2.37. The molecule has 6 heteroatoms. The predicted octanol–water partition coefficient (Wildman–Crippen LogP) is 13.1. The Morgan fingerprint density at radius 3 is 1.79 bits per heavy atom. The zero-order valence-corrected chi connectivity index (χ0v) is 36.1. The van der Waals surface area contributed by atoms with Crippen LogP contribution < -0.4 is 5.32 Å². The molecule has 1 saturated heterocycles. The average Bonchev–Trinajstić information content (AvgIpc) is 3.93. The van der Waals surface area contributed by atoms with Crippen LogP contribution in [0.1, 0.15) is 227 Å². The van der Waals surface area contributed by atoms with Crippen LogP contribution in [0.2, 0.25) is 0 Å². The van der Waals surface area contributed by atoms with Crippen molar-refractivity contribution in [3.8, 4) is 0 Å². The van der Waals surface area contributed by atoms with Crippen LogP contribution >= 0.6 is 0 Å². The molecular formula is C47H90N2O4. The van der Waals surface area contributed by atoms with Crippen molar-refractivity contribution in [3.63, 3.8) is 0 Å². The van der Waals surface area contributed by atoms with Crippen molar-refractivity contribution >= 4 is 12.8 Å². The molecule has 2 aliphatic carbocycles. The monoisotopic (exact) mass is 747 g/mol. The van der Waals surface area contributed by atoms with Crippen LogP contribution in [-0.4, -0.2) is 62.6 Å². The molecule has 0 aromatic carbocycles. The molecule has 1 aliphatic heterocycles. The Morgan fingerprint density at radius 1 is 0.736 bits per heavy atom. The summed E-state index contributed by atoms with van der Waals surface area (Å²) in [5, 5.41) is 3.02. The maximum absolute atomic E-state index is 12.8. The lowest BCUT2D eigenvalue weighted by Crippen LogP contribution is -2.33. The van der Waals surface area contributed by atoms with E-state index < -0.39 is 0 Å². The van der Waals surface area contributed by atoms with Gasteiger partial charge >= 0.3 is 5.97 Å². The number of carbonyl (C=O) groups is 2. The van der Waals surface area contributed by atoms with Crippen molar-refractivity contribution in [2.24, 2.45) is 5.92 Å². The fourth-order valence-corrected chi connectivity index (χ4v) is 8.05. The van der Waals surface area contributed by atoms with Crippen molar-refractivity contribution < 1.29 is 19.1 Å². The molecule has 1 heterocycles. The second-order valence-electron chi connectivity index (χ2n) is 16.6. The van der Waals surface area contributed by atoms with E-state index in [1.54, 1.807) is 5.57 Å². The van der Waals surface area contributed by atoms with Gasteiger partial charge in [0, 0.05) is 31.8 Å². The summed E-state index contributed by atoms with van der Waals surface area (Å²) in [6.07, 6.45) is 39.7. The van der Waals surface area contributed by atoms with Gasteiger partial charge in [-0.1, -0.05) is 137 Å². The van der Waals surface area contributed by atoms with Gasteiger partial charge in [-0.3, -0.25) is 9.69 Å². The van der Waals surface area contributed by atoms with Gasteiger partial charge in [0.25, 0.3) is 0 Å². The number of likely N-dealkylation sites (tertiary alicyclic amines) is 1. The molecule has 0 aromatic rings. The van der Waals surface area contributed by atoms with E-state index in [0.29, 0.717) is 18.6 Å². The molecule has 3 rings (SSSR count). The first kappa shape index (κ1) is 49.6. The van der Waals surface area contributed by atoms with Gasteiger partial charge < -0.3 is 19.6 Å². The minimum atomic E-state index is 0.0409.